The van der Waals surface area contributed by atoms with Gasteiger partial charge >= 0.3 is 0 Å². The predicted octanol–water partition coefficient (Wildman–Crippen LogP) is 2.95. The fourth-order valence-electron chi connectivity index (χ4n) is 4.30. The summed E-state index contributed by atoms with van der Waals surface area (Å²) in [5, 5.41) is 9.28. The van der Waals surface area contributed by atoms with E-state index in [0.29, 0.717) is 6.04 Å². The first-order valence-electron chi connectivity index (χ1n) is 11.0. The monoisotopic (exact) mass is 427 g/mol. The van der Waals surface area contributed by atoms with Crippen LogP contribution < -0.4 is 20.3 Å². The molecule has 6 nitrogen and oxygen atoms in total. The van der Waals surface area contributed by atoms with Crippen LogP contribution in [-0.2, 0) is 13.0 Å². The maximum atomic E-state index is 5.54. The number of benzene rings is 1. The van der Waals surface area contributed by atoms with Crippen molar-refractivity contribution in [3.05, 3.63) is 46.2 Å². The summed E-state index contributed by atoms with van der Waals surface area (Å²) in [6.45, 7) is 9.00. The third kappa shape index (κ3) is 5.08. The summed E-state index contributed by atoms with van der Waals surface area (Å²) in [6.07, 6.45) is 2.27. The first-order valence-corrected chi connectivity index (χ1v) is 11.8. The second-order valence-corrected chi connectivity index (χ2v) is 8.90. The van der Waals surface area contributed by atoms with Crippen LogP contribution in [0.2, 0.25) is 0 Å². The van der Waals surface area contributed by atoms with E-state index in [1.54, 1.807) is 12.0 Å². The summed E-state index contributed by atoms with van der Waals surface area (Å²) < 4.78 is 5.54. The summed E-state index contributed by atoms with van der Waals surface area (Å²) in [5.74, 6) is 1.87. The zero-order chi connectivity index (χ0) is 20.8. The molecule has 162 valence electrons. The van der Waals surface area contributed by atoms with Crippen molar-refractivity contribution in [2.45, 2.75) is 32.4 Å². The number of para-hydroxylation sites is 2. The molecule has 0 spiro atoms. The number of thiophene rings is 1. The van der Waals surface area contributed by atoms with Gasteiger partial charge in [0.15, 0.2) is 5.96 Å². The van der Waals surface area contributed by atoms with E-state index in [4.69, 9.17) is 9.73 Å². The van der Waals surface area contributed by atoms with Crippen LogP contribution in [0.15, 0.2) is 40.7 Å². The summed E-state index contributed by atoms with van der Waals surface area (Å²) in [5.41, 5.74) is 2.67. The van der Waals surface area contributed by atoms with Gasteiger partial charge in [-0.2, -0.15) is 0 Å². The minimum absolute atomic E-state index is 0.385. The second kappa shape index (κ2) is 10.2. The van der Waals surface area contributed by atoms with E-state index in [2.05, 4.69) is 50.9 Å². The Bertz CT molecular complexity index is 852. The van der Waals surface area contributed by atoms with Gasteiger partial charge in [-0.05, 0) is 48.9 Å². The lowest BCUT2D eigenvalue weighted by atomic mass is 10.1. The number of nitrogens with zero attached hydrogens (tertiary/aromatic N) is 3. The third-order valence-corrected chi connectivity index (χ3v) is 6.90. The molecule has 2 aliphatic rings. The second-order valence-electron chi connectivity index (χ2n) is 7.90. The Morgan fingerprint density at radius 2 is 2.17 bits per heavy atom. The summed E-state index contributed by atoms with van der Waals surface area (Å²) in [4.78, 5) is 11.3. The van der Waals surface area contributed by atoms with Gasteiger partial charge in [-0.3, -0.25) is 9.89 Å². The molecule has 0 bridgehead atoms. The SMILES string of the molecule is CCNC(=NCCN1CCc2sccc2C1)NC1CCN(c2ccccc2OC)C1. The number of fused-ring (bicyclic) bond motifs is 1. The Kier molecular flexibility index (Phi) is 7.12. The zero-order valence-electron chi connectivity index (χ0n) is 18.1. The fraction of sp³-hybridized carbons (Fsp3) is 0.522. The van der Waals surface area contributed by atoms with E-state index in [0.717, 1.165) is 63.9 Å². The molecule has 1 unspecified atom stereocenters. The minimum atomic E-state index is 0.385. The average Bonchev–Trinajstić information content (AvgIpc) is 3.43. The number of methoxy groups -OCH3 is 1. The van der Waals surface area contributed by atoms with Crippen LogP contribution in [0.4, 0.5) is 5.69 Å². The highest BCUT2D eigenvalue weighted by Gasteiger charge is 2.25. The number of ether oxygens (including phenoxy) is 1. The first-order chi connectivity index (χ1) is 14.8. The van der Waals surface area contributed by atoms with Crippen LogP contribution in [-0.4, -0.2) is 63.3 Å². The highest BCUT2D eigenvalue weighted by atomic mass is 32.1. The fourth-order valence-corrected chi connectivity index (χ4v) is 5.19. The van der Waals surface area contributed by atoms with Crippen molar-refractivity contribution in [3.8, 4) is 5.75 Å². The molecular weight excluding hydrogens is 394 g/mol. The molecule has 1 aromatic heterocycles. The molecular formula is C23H33N5OS. The Hall–Kier alpha value is -2.25. The average molecular weight is 428 g/mol. The minimum Gasteiger partial charge on any atom is -0.495 e. The standard InChI is InChI=1S/C23H33N5OS/c1-3-24-23(25-11-14-27-12-9-22-18(16-27)10-15-30-22)26-19-8-13-28(17-19)20-6-4-5-7-21(20)29-2/h4-7,10,15,19H,3,8-9,11-14,16-17H2,1-2H3,(H2,24,25,26). The van der Waals surface area contributed by atoms with Crippen LogP contribution in [0, 0.1) is 0 Å². The van der Waals surface area contributed by atoms with Crippen LogP contribution in [0.5, 0.6) is 5.75 Å². The molecule has 7 heteroatoms. The molecule has 1 fully saturated rings. The van der Waals surface area contributed by atoms with Gasteiger partial charge in [0.1, 0.15) is 5.75 Å². The van der Waals surface area contributed by atoms with E-state index in [9.17, 15) is 0 Å². The van der Waals surface area contributed by atoms with Gasteiger partial charge in [0, 0.05) is 50.2 Å². The molecule has 2 aromatic rings. The number of anilines is 1. The van der Waals surface area contributed by atoms with Gasteiger partial charge in [0.05, 0.1) is 19.3 Å². The van der Waals surface area contributed by atoms with Crippen LogP contribution in [0.1, 0.15) is 23.8 Å². The highest BCUT2D eigenvalue weighted by molar-refractivity contribution is 7.10. The third-order valence-electron chi connectivity index (χ3n) is 5.87. The summed E-state index contributed by atoms with van der Waals surface area (Å²) >= 11 is 1.90. The number of guanidine groups is 1. The van der Waals surface area contributed by atoms with Crippen LogP contribution in [0.3, 0.4) is 0 Å². The number of aliphatic imine (C=N–C) groups is 1. The quantitative estimate of drug-likeness (QED) is 0.526. The molecule has 1 saturated heterocycles. The lowest BCUT2D eigenvalue weighted by molar-refractivity contribution is 0.263. The maximum Gasteiger partial charge on any atom is 0.191 e. The Morgan fingerprint density at radius 3 is 3.03 bits per heavy atom. The zero-order valence-corrected chi connectivity index (χ0v) is 18.9. The molecule has 1 aromatic carbocycles. The molecule has 0 saturated carbocycles. The van der Waals surface area contributed by atoms with Crippen molar-refractivity contribution >= 4 is 23.0 Å². The van der Waals surface area contributed by atoms with Crippen molar-refractivity contribution < 1.29 is 4.74 Å². The smallest absolute Gasteiger partial charge is 0.191 e. The van der Waals surface area contributed by atoms with Gasteiger partial charge in [-0.1, -0.05) is 12.1 Å². The number of nitrogens with one attached hydrogen (secondary N) is 2. The molecule has 4 rings (SSSR count). The van der Waals surface area contributed by atoms with E-state index in [1.165, 1.54) is 17.7 Å². The van der Waals surface area contributed by atoms with Crippen molar-refractivity contribution in [2.75, 3.05) is 51.3 Å². The molecule has 1 atom stereocenters. The van der Waals surface area contributed by atoms with Gasteiger partial charge in [-0.15, -0.1) is 11.3 Å². The van der Waals surface area contributed by atoms with Gasteiger partial charge in [0.25, 0.3) is 0 Å². The molecule has 3 heterocycles. The van der Waals surface area contributed by atoms with Crippen molar-refractivity contribution in [3.63, 3.8) is 0 Å². The lowest BCUT2D eigenvalue weighted by Gasteiger charge is -2.26. The van der Waals surface area contributed by atoms with E-state index < -0.39 is 0 Å². The molecule has 2 aliphatic heterocycles. The summed E-state index contributed by atoms with van der Waals surface area (Å²) in [7, 11) is 1.74. The number of hydrogen-bond acceptors (Lipinski definition) is 5. The van der Waals surface area contributed by atoms with E-state index >= 15 is 0 Å². The lowest BCUT2D eigenvalue weighted by Crippen LogP contribution is -2.45. The maximum absolute atomic E-state index is 5.54. The van der Waals surface area contributed by atoms with Gasteiger partial charge in [0.2, 0.25) is 0 Å². The van der Waals surface area contributed by atoms with E-state index in [1.807, 2.05) is 23.5 Å². The van der Waals surface area contributed by atoms with Crippen LogP contribution in [0.25, 0.3) is 0 Å². The van der Waals surface area contributed by atoms with Gasteiger partial charge < -0.3 is 20.3 Å². The Morgan fingerprint density at radius 1 is 1.27 bits per heavy atom. The van der Waals surface area contributed by atoms with Crippen molar-refractivity contribution in [1.29, 1.82) is 0 Å². The first kappa shape index (κ1) is 21.0. The van der Waals surface area contributed by atoms with E-state index in [-0.39, 0.29) is 0 Å². The normalized spacial score (nSPS) is 19.6. The Balaban J connectivity index is 1.29. The molecule has 0 aliphatic carbocycles. The predicted molar refractivity (Wildman–Crippen MR) is 126 cm³/mol. The van der Waals surface area contributed by atoms with Crippen LogP contribution >= 0.6 is 11.3 Å². The van der Waals surface area contributed by atoms with Crippen molar-refractivity contribution in [1.82, 2.24) is 15.5 Å². The largest absolute Gasteiger partial charge is 0.495 e. The topological polar surface area (TPSA) is 52.1 Å². The number of hydrogen-bond donors (Lipinski definition) is 2. The van der Waals surface area contributed by atoms with Crippen molar-refractivity contribution in [2.24, 2.45) is 4.99 Å². The molecule has 2 N–H and O–H groups in total. The Labute approximate surface area is 183 Å². The molecule has 0 radical (unpaired) electrons. The highest BCUT2D eigenvalue weighted by Crippen LogP contribution is 2.30. The summed E-state index contributed by atoms with van der Waals surface area (Å²) in [6, 6.07) is 10.9. The molecule has 0 amide bonds. The number of rotatable bonds is 7. The molecule has 30 heavy (non-hydrogen) atoms. The van der Waals surface area contributed by atoms with Gasteiger partial charge in [-0.25, -0.2) is 0 Å².